The zero-order valence-electron chi connectivity index (χ0n) is 13.1. The molecular weight excluding hydrogens is 276 g/mol. The molecule has 2 aromatic rings. The van der Waals surface area contributed by atoms with Crippen molar-refractivity contribution in [2.75, 3.05) is 19.4 Å². The number of anilines is 1. The molecule has 0 atom stereocenters. The summed E-state index contributed by atoms with van der Waals surface area (Å²) < 4.78 is 4.79. The van der Waals surface area contributed by atoms with Gasteiger partial charge in [-0.3, -0.25) is 9.69 Å². The molecule has 2 rings (SSSR count). The summed E-state index contributed by atoms with van der Waals surface area (Å²) in [5, 5.41) is 0. The summed E-state index contributed by atoms with van der Waals surface area (Å²) >= 11 is 0. The predicted octanol–water partition coefficient (Wildman–Crippen LogP) is 2.75. The molecule has 0 saturated carbocycles. The fraction of sp³-hybridized carbons (Fsp3) is 0.278. The number of nitrogen functional groups attached to an aromatic ring is 1. The van der Waals surface area contributed by atoms with Crippen molar-refractivity contribution in [2.45, 2.75) is 20.0 Å². The van der Waals surface area contributed by atoms with E-state index in [-0.39, 0.29) is 12.5 Å². The molecule has 0 aliphatic carbocycles. The highest BCUT2D eigenvalue weighted by Crippen LogP contribution is 2.16. The van der Waals surface area contributed by atoms with Crippen molar-refractivity contribution in [1.82, 2.24) is 4.90 Å². The molecule has 0 heterocycles. The number of nitrogens with zero attached hydrogens (tertiary/aromatic N) is 1. The average molecular weight is 298 g/mol. The fourth-order valence-electron chi connectivity index (χ4n) is 2.29. The second-order valence-electron chi connectivity index (χ2n) is 5.41. The van der Waals surface area contributed by atoms with E-state index in [4.69, 9.17) is 10.5 Å². The van der Waals surface area contributed by atoms with E-state index in [2.05, 4.69) is 31.2 Å². The summed E-state index contributed by atoms with van der Waals surface area (Å²) in [7, 11) is 1.41. The largest absolute Gasteiger partial charge is 0.468 e. The first-order chi connectivity index (χ1) is 10.6. The number of aryl methyl sites for hydroxylation is 1. The van der Waals surface area contributed by atoms with Crippen LogP contribution in [-0.2, 0) is 22.6 Å². The van der Waals surface area contributed by atoms with Gasteiger partial charge in [0, 0.05) is 18.8 Å². The van der Waals surface area contributed by atoms with E-state index >= 15 is 0 Å². The van der Waals surface area contributed by atoms with Crippen LogP contribution in [0.3, 0.4) is 0 Å². The summed E-state index contributed by atoms with van der Waals surface area (Å²) in [5.41, 5.74) is 10.1. The van der Waals surface area contributed by atoms with Crippen LogP contribution in [0.25, 0.3) is 0 Å². The monoisotopic (exact) mass is 298 g/mol. The molecule has 0 aromatic heterocycles. The number of para-hydroxylation sites is 1. The second kappa shape index (κ2) is 7.61. The normalized spacial score (nSPS) is 10.7. The Morgan fingerprint density at radius 2 is 1.77 bits per heavy atom. The maximum Gasteiger partial charge on any atom is 0.319 e. The molecule has 22 heavy (non-hydrogen) atoms. The van der Waals surface area contributed by atoms with Crippen LogP contribution in [0, 0.1) is 6.92 Å². The molecule has 0 aliphatic heterocycles. The number of methoxy groups -OCH3 is 1. The zero-order chi connectivity index (χ0) is 15.9. The highest BCUT2D eigenvalue weighted by atomic mass is 16.5. The minimum absolute atomic E-state index is 0.235. The van der Waals surface area contributed by atoms with Crippen molar-refractivity contribution in [1.29, 1.82) is 0 Å². The van der Waals surface area contributed by atoms with Gasteiger partial charge in [-0.2, -0.15) is 0 Å². The SMILES string of the molecule is COC(=O)CN(Cc1ccc(C)cc1)Cc1ccccc1N. The van der Waals surface area contributed by atoms with Gasteiger partial charge in [0.05, 0.1) is 13.7 Å². The summed E-state index contributed by atoms with van der Waals surface area (Å²) in [6.45, 7) is 3.57. The Morgan fingerprint density at radius 1 is 1.09 bits per heavy atom. The van der Waals surface area contributed by atoms with E-state index in [0.717, 1.165) is 16.8 Å². The number of hydrogen-bond acceptors (Lipinski definition) is 4. The van der Waals surface area contributed by atoms with Crippen LogP contribution in [0.5, 0.6) is 0 Å². The number of rotatable bonds is 6. The Hall–Kier alpha value is -2.33. The van der Waals surface area contributed by atoms with Crippen LogP contribution >= 0.6 is 0 Å². The molecule has 0 amide bonds. The van der Waals surface area contributed by atoms with Crippen molar-refractivity contribution in [2.24, 2.45) is 0 Å². The Balaban J connectivity index is 2.13. The lowest BCUT2D eigenvalue weighted by molar-refractivity contribution is -0.142. The van der Waals surface area contributed by atoms with Gasteiger partial charge >= 0.3 is 5.97 Å². The third-order valence-corrected chi connectivity index (χ3v) is 3.56. The fourth-order valence-corrected chi connectivity index (χ4v) is 2.29. The molecule has 0 unspecified atom stereocenters. The van der Waals surface area contributed by atoms with Crippen molar-refractivity contribution >= 4 is 11.7 Å². The van der Waals surface area contributed by atoms with Crippen LogP contribution in [0.2, 0.25) is 0 Å². The summed E-state index contributed by atoms with van der Waals surface area (Å²) in [6, 6.07) is 16.0. The van der Waals surface area contributed by atoms with Crippen molar-refractivity contribution < 1.29 is 9.53 Å². The summed E-state index contributed by atoms with van der Waals surface area (Å²) in [4.78, 5) is 13.7. The maximum atomic E-state index is 11.6. The van der Waals surface area contributed by atoms with Gasteiger partial charge in [0.2, 0.25) is 0 Å². The number of carbonyl (C=O) groups is 1. The van der Waals surface area contributed by atoms with Gasteiger partial charge in [0.25, 0.3) is 0 Å². The van der Waals surface area contributed by atoms with E-state index in [1.54, 1.807) is 0 Å². The van der Waals surface area contributed by atoms with Gasteiger partial charge in [0.15, 0.2) is 0 Å². The van der Waals surface area contributed by atoms with E-state index in [1.807, 2.05) is 29.2 Å². The third-order valence-electron chi connectivity index (χ3n) is 3.56. The molecular formula is C18H22N2O2. The third kappa shape index (κ3) is 4.60. The summed E-state index contributed by atoms with van der Waals surface area (Å²) in [5.74, 6) is -0.249. The smallest absolute Gasteiger partial charge is 0.319 e. The molecule has 0 aliphatic rings. The van der Waals surface area contributed by atoms with E-state index < -0.39 is 0 Å². The molecule has 0 spiro atoms. The Labute approximate surface area is 131 Å². The highest BCUT2D eigenvalue weighted by Gasteiger charge is 2.13. The number of ether oxygens (including phenoxy) is 1. The number of esters is 1. The minimum Gasteiger partial charge on any atom is -0.468 e. The van der Waals surface area contributed by atoms with Gasteiger partial charge in [-0.15, -0.1) is 0 Å². The van der Waals surface area contributed by atoms with E-state index in [1.165, 1.54) is 12.7 Å². The van der Waals surface area contributed by atoms with Gasteiger partial charge < -0.3 is 10.5 Å². The molecule has 4 heteroatoms. The number of carbonyl (C=O) groups excluding carboxylic acids is 1. The maximum absolute atomic E-state index is 11.6. The Bertz CT molecular complexity index is 623. The average Bonchev–Trinajstić information content (AvgIpc) is 2.51. The van der Waals surface area contributed by atoms with Crippen molar-refractivity contribution in [3.8, 4) is 0 Å². The van der Waals surface area contributed by atoms with Crippen LogP contribution in [-0.4, -0.2) is 24.5 Å². The van der Waals surface area contributed by atoms with Gasteiger partial charge in [-0.25, -0.2) is 0 Å². The zero-order valence-corrected chi connectivity index (χ0v) is 13.1. The lowest BCUT2D eigenvalue weighted by Gasteiger charge is -2.22. The van der Waals surface area contributed by atoms with Crippen LogP contribution < -0.4 is 5.73 Å². The van der Waals surface area contributed by atoms with Crippen LogP contribution in [0.4, 0.5) is 5.69 Å². The molecule has 0 fully saturated rings. The topological polar surface area (TPSA) is 55.6 Å². The number of hydrogen-bond donors (Lipinski definition) is 1. The quantitative estimate of drug-likeness (QED) is 0.658. The van der Waals surface area contributed by atoms with Gasteiger partial charge in [-0.05, 0) is 24.1 Å². The standard InChI is InChI=1S/C18H22N2O2/c1-14-7-9-15(10-8-14)11-20(13-18(21)22-2)12-16-5-3-4-6-17(16)19/h3-10H,11-13,19H2,1-2H3. The van der Waals surface area contributed by atoms with Crippen LogP contribution in [0.15, 0.2) is 48.5 Å². The Morgan fingerprint density at radius 3 is 2.41 bits per heavy atom. The van der Waals surface area contributed by atoms with E-state index in [9.17, 15) is 4.79 Å². The molecule has 0 bridgehead atoms. The second-order valence-corrected chi connectivity index (χ2v) is 5.41. The predicted molar refractivity (Wildman–Crippen MR) is 88.2 cm³/mol. The molecule has 116 valence electrons. The molecule has 4 nitrogen and oxygen atoms in total. The van der Waals surface area contributed by atoms with Gasteiger partial charge in [-0.1, -0.05) is 48.0 Å². The van der Waals surface area contributed by atoms with Crippen molar-refractivity contribution in [3.63, 3.8) is 0 Å². The van der Waals surface area contributed by atoms with E-state index in [0.29, 0.717) is 13.1 Å². The molecule has 2 N–H and O–H groups in total. The highest BCUT2D eigenvalue weighted by molar-refractivity contribution is 5.71. The first-order valence-corrected chi connectivity index (χ1v) is 7.26. The lowest BCUT2D eigenvalue weighted by atomic mass is 10.1. The molecule has 2 aromatic carbocycles. The Kier molecular flexibility index (Phi) is 5.55. The first-order valence-electron chi connectivity index (χ1n) is 7.26. The minimum atomic E-state index is -0.249. The molecule has 0 radical (unpaired) electrons. The van der Waals surface area contributed by atoms with Crippen molar-refractivity contribution in [3.05, 3.63) is 65.2 Å². The number of benzene rings is 2. The summed E-state index contributed by atoms with van der Waals surface area (Å²) in [6.07, 6.45) is 0. The molecule has 0 saturated heterocycles. The first kappa shape index (κ1) is 16.0. The lowest BCUT2D eigenvalue weighted by Crippen LogP contribution is -2.30. The van der Waals surface area contributed by atoms with Crippen LogP contribution in [0.1, 0.15) is 16.7 Å². The van der Waals surface area contributed by atoms with Gasteiger partial charge in [0.1, 0.15) is 0 Å². The number of nitrogens with two attached hydrogens (primary N) is 1.